The average molecular weight is 363 g/mol. The quantitative estimate of drug-likeness (QED) is 0.341. The summed E-state index contributed by atoms with van der Waals surface area (Å²) < 4.78 is 1.01. The number of thiol groups is 4. The molecule has 3 unspecified atom stereocenters. The lowest BCUT2D eigenvalue weighted by atomic mass is 10.6. The van der Waals surface area contributed by atoms with E-state index in [0.717, 1.165) is 15.4 Å². The van der Waals surface area contributed by atoms with Gasteiger partial charge in [-0.1, -0.05) is 13.8 Å². The second kappa shape index (κ2) is 8.98. The molecule has 0 N–H and O–H groups in total. The zero-order valence-electron chi connectivity index (χ0n) is 11.2. The molecule has 110 valence electrons. The van der Waals surface area contributed by atoms with Crippen molar-refractivity contribution in [3.63, 3.8) is 0 Å². The summed E-state index contributed by atoms with van der Waals surface area (Å²) in [6.07, 6.45) is 2.53. The highest BCUT2D eigenvalue weighted by molar-refractivity contribution is 8.59. The van der Waals surface area contributed by atoms with Crippen LogP contribution >= 0.6 is 70.6 Å². The molecule has 1 rings (SSSR count). The van der Waals surface area contributed by atoms with E-state index in [9.17, 15) is 0 Å². The van der Waals surface area contributed by atoms with Crippen molar-refractivity contribution in [1.29, 1.82) is 0 Å². The van der Waals surface area contributed by atoms with Crippen LogP contribution in [0.5, 0.6) is 0 Å². The molecule has 0 fully saturated rings. The molecule has 0 radical (unpaired) electrons. The summed E-state index contributed by atoms with van der Waals surface area (Å²) in [6.45, 7) is 4.58. The predicted octanol–water partition coefficient (Wildman–Crippen LogP) is 5.19. The van der Waals surface area contributed by atoms with E-state index >= 15 is 0 Å². The lowest BCUT2D eigenvalue weighted by Crippen LogP contribution is -2.19. The first kappa shape index (κ1) is 17.9. The Bertz CT molecular complexity index is 267. The number of hydrogen-bond donors (Lipinski definition) is 4. The van der Waals surface area contributed by atoms with Gasteiger partial charge in [0.05, 0.1) is 7.83 Å². The minimum Gasteiger partial charge on any atom is -0.213 e. The van der Waals surface area contributed by atoms with Gasteiger partial charge in [0.2, 0.25) is 0 Å². The first-order chi connectivity index (χ1) is 8.62. The van der Waals surface area contributed by atoms with Crippen LogP contribution in [0.3, 0.4) is 0 Å². The molecule has 0 aromatic rings. The Labute approximate surface area is 138 Å². The molecule has 0 aliphatic carbocycles. The van der Waals surface area contributed by atoms with Crippen LogP contribution < -0.4 is 0 Å². The molecule has 0 amide bonds. The molecule has 1 aliphatic rings. The molecular formula is C12H26S6. The number of thioether (sulfide) groups is 1. The maximum atomic E-state index is 4.73. The lowest BCUT2D eigenvalue weighted by molar-refractivity contribution is 1.09. The van der Waals surface area contributed by atoms with Crippen molar-refractivity contribution in [2.75, 3.05) is 23.0 Å². The monoisotopic (exact) mass is 362 g/mol. The third-order valence-corrected chi connectivity index (χ3v) is 16.8. The molecular weight excluding hydrogens is 337 g/mol. The normalized spacial score (nSPS) is 37.0. The van der Waals surface area contributed by atoms with Gasteiger partial charge in [-0.2, -0.15) is 47.9 Å². The van der Waals surface area contributed by atoms with E-state index in [1.54, 1.807) is 0 Å². The van der Waals surface area contributed by atoms with Gasteiger partial charge >= 0.3 is 0 Å². The van der Waals surface area contributed by atoms with Crippen LogP contribution in [0.2, 0.25) is 0 Å². The van der Waals surface area contributed by atoms with Gasteiger partial charge in [-0.3, -0.25) is 0 Å². The fraction of sp³-hybridized carbons (Fsp3) is 0.833. The summed E-state index contributed by atoms with van der Waals surface area (Å²) in [6, 6.07) is 0. The SMILES string of the molecule is CCC[SH]1C=CS(CCC)(C(S)S)C1SCCS. The van der Waals surface area contributed by atoms with Crippen LogP contribution in [0.4, 0.5) is 0 Å². The molecule has 0 nitrogen and oxygen atoms in total. The zero-order chi connectivity index (χ0) is 13.6. The molecule has 18 heavy (non-hydrogen) atoms. The maximum Gasteiger partial charge on any atom is 0.0795 e. The minimum absolute atomic E-state index is 0.0356. The maximum absolute atomic E-state index is 4.73. The van der Waals surface area contributed by atoms with Crippen LogP contribution in [0, 0.1) is 0 Å². The Balaban J connectivity index is 2.88. The minimum atomic E-state index is -0.807. The van der Waals surface area contributed by atoms with E-state index < -0.39 is 10.0 Å². The molecule has 3 atom stereocenters. The molecule has 0 bridgehead atoms. The van der Waals surface area contributed by atoms with Crippen molar-refractivity contribution in [3.8, 4) is 0 Å². The van der Waals surface area contributed by atoms with Crippen LogP contribution in [0.1, 0.15) is 26.7 Å². The van der Waals surface area contributed by atoms with Crippen molar-refractivity contribution >= 4 is 70.6 Å². The van der Waals surface area contributed by atoms with E-state index in [1.807, 2.05) is 0 Å². The standard InChI is InChI=1S/C12H26S6/c1-3-7-17-8-10-18(9-4-2,11(14)15)12(17)16-6-5-13/h8,10-15,17H,3-7,9H2,1-2H3. The molecule has 1 heterocycles. The third-order valence-electron chi connectivity index (χ3n) is 2.94. The molecule has 0 saturated heterocycles. The average Bonchev–Trinajstić information content (AvgIpc) is 2.67. The molecule has 0 aromatic carbocycles. The van der Waals surface area contributed by atoms with Crippen LogP contribution in [0.25, 0.3) is 0 Å². The van der Waals surface area contributed by atoms with Crippen LogP contribution in [0.15, 0.2) is 10.8 Å². The highest BCUT2D eigenvalue weighted by Gasteiger charge is 2.41. The highest BCUT2D eigenvalue weighted by Crippen LogP contribution is 2.75. The summed E-state index contributed by atoms with van der Waals surface area (Å²) in [7, 11) is -0.771. The van der Waals surface area contributed by atoms with Gasteiger partial charge in [-0.15, -0.1) is 11.8 Å². The molecule has 6 heteroatoms. The van der Waals surface area contributed by atoms with Crippen LogP contribution in [-0.2, 0) is 0 Å². The van der Waals surface area contributed by atoms with E-state index in [2.05, 4.69) is 49.1 Å². The molecule has 0 saturated carbocycles. The van der Waals surface area contributed by atoms with Crippen LogP contribution in [-0.4, -0.2) is 30.8 Å². The summed E-state index contributed by atoms with van der Waals surface area (Å²) in [5.41, 5.74) is 0. The first-order valence-electron chi connectivity index (χ1n) is 6.43. The van der Waals surface area contributed by atoms with Gasteiger partial charge < -0.3 is 0 Å². The molecule has 0 spiro atoms. The zero-order valence-corrected chi connectivity index (χ0v) is 16.4. The van der Waals surface area contributed by atoms with E-state index in [-0.39, 0.29) is 14.8 Å². The second-order valence-electron chi connectivity index (χ2n) is 4.36. The molecule has 0 aromatic heterocycles. The first-order valence-corrected chi connectivity index (χ1v) is 12.8. The van der Waals surface area contributed by atoms with E-state index in [4.69, 9.17) is 25.3 Å². The Morgan fingerprint density at radius 3 is 2.56 bits per heavy atom. The second-order valence-corrected chi connectivity index (χ2v) is 14.9. The topological polar surface area (TPSA) is 0 Å². The lowest BCUT2D eigenvalue weighted by Gasteiger charge is -2.45. The molecule has 1 aliphatic heterocycles. The Morgan fingerprint density at radius 2 is 2.06 bits per heavy atom. The number of hydrogen-bond acceptors (Lipinski definition) is 4. The summed E-state index contributed by atoms with van der Waals surface area (Å²) in [4.78, 5) is 0. The predicted molar refractivity (Wildman–Crippen MR) is 108 cm³/mol. The Kier molecular flexibility index (Phi) is 8.93. The Morgan fingerprint density at radius 1 is 1.33 bits per heavy atom. The van der Waals surface area contributed by atoms with Gasteiger partial charge in [0.1, 0.15) is 0 Å². The van der Waals surface area contributed by atoms with Gasteiger partial charge in [0, 0.05) is 5.75 Å². The van der Waals surface area contributed by atoms with E-state index in [1.165, 1.54) is 24.3 Å². The van der Waals surface area contributed by atoms with Crippen molar-refractivity contribution in [3.05, 3.63) is 10.8 Å². The third kappa shape index (κ3) is 4.17. The summed E-state index contributed by atoms with van der Waals surface area (Å²) >= 11 is 16.0. The fourth-order valence-corrected chi connectivity index (χ4v) is 17.1. The van der Waals surface area contributed by atoms with Crippen molar-refractivity contribution in [1.82, 2.24) is 0 Å². The highest BCUT2D eigenvalue weighted by atomic mass is 32.3. The van der Waals surface area contributed by atoms with Gasteiger partial charge in [-0.25, -0.2) is 10.9 Å². The summed E-state index contributed by atoms with van der Waals surface area (Å²) in [5, 5.41) is 5.05. The fourth-order valence-electron chi connectivity index (χ4n) is 2.20. The number of rotatable bonds is 8. The van der Waals surface area contributed by atoms with Crippen molar-refractivity contribution < 1.29 is 0 Å². The Hall–Kier alpha value is 1.84. The van der Waals surface area contributed by atoms with E-state index in [0.29, 0.717) is 0 Å². The largest absolute Gasteiger partial charge is 0.213 e. The summed E-state index contributed by atoms with van der Waals surface area (Å²) in [5.74, 6) is 4.78. The van der Waals surface area contributed by atoms with Crippen molar-refractivity contribution in [2.45, 2.75) is 34.5 Å². The van der Waals surface area contributed by atoms with Gasteiger partial charge in [0.25, 0.3) is 0 Å². The van der Waals surface area contributed by atoms with Gasteiger partial charge in [0.15, 0.2) is 0 Å². The van der Waals surface area contributed by atoms with Gasteiger partial charge in [-0.05, 0) is 40.9 Å². The smallest absolute Gasteiger partial charge is 0.0795 e. The van der Waals surface area contributed by atoms with Crippen molar-refractivity contribution in [2.24, 2.45) is 0 Å².